The van der Waals surface area contributed by atoms with Gasteiger partial charge in [0.15, 0.2) is 0 Å². The van der Waals surface area contributed by atoms with E-state index in [1.807, 2.05) is 0 Å². The first-order valence-electron chi connectivity index (χ1n) is 6.29. The number of nitrogens with two attached hydrogens (primary N) is 1. The molecule has 0 bridgehead atoms. The Balaban J connectivity index is 2.60. The Morgan fingerprint density at radius 2 is 2.25 bits per heavy atom. The zero-order chi connectivity index (χ0) is 12.1. The Kier molecular flexibility index (Phi) is 5.22. The summed E-state index contributed by atoms with van der Waals surface area (Å²) in [4.78, 5) is 14.1. The maximum Gasteiger partial charge on any atom is 0.238 e. The van der Waals surface area contributed by atoms with Crippen LogP contribution in [0.2, 0.25) is 0 Å². The highest BCUT2D eigenvalue weighted by Gasteiger charge is 2.28. The lowest BCUT2D eigenvalue weighted by Gasteiger charge is -2.27. The average Bonchev–Trinajstić information content (AvgIpc) is 2.34. The molecule has 1 aliphatic heterocycles. The fraction of sp³-hybridized carbons (Fsp3) is 0.917. The van der Waals surface area contributed by atoms with Gasteiger partial charge in [0.05, 0.1) is 0 Å². The average molecular weight is 227 g/mol. The minimum absolute atomic E-state index is 0.0938. The van der Waals surface area contributed by atoms with Crippen LogP contribution >= 0.6 is 0 Å². The molecule has 4 nitrogen and oxygen atoms in total. The molecule has 1 amide bonds. The van der Waals surface area contributed by atoms with Gasteiger partial charge in [-0.2, -0.15) is 0 Å². The zero-order valence-electron chi connectivity index (χ0n) is 10.7. The molecule has 94 valence electrons. The van der Waals surface area contributed by atoms with E-state index < -0.39 is 0 Å². The number of nitrogens with one attached hydrogen (secondary N) is 1. The van der Waals surface area contributed by atoms with Gasteiger partial charge in [0.2, 0.25) is 5.91 Å². The second-order valence-corrected chi connectivity index (χ2v) is 5.17. The first kappa shape index (κ1) is 13.5. The Morgan fingerprint density at radius 1 is 1.56 bits per heavy atom. The van der Waals surface area contributed by atoms with Crippen LogP contribution in [0.15, 0.2) is 0 Å². The summed E-state index contributed by atoms with van der Waals surface area (Å²) in [5.74, 6) is 0.762. The van der Waals surface area contributed by atoms with Gasteiger partial charge in [-0.05, 0) is 32.2 Å². The van der Waals surface area contributed by atoms with Crippen LogP contribution in [-0.4, -0.2) is 42.5 Å². The van der Waals surface area contributed by atoms with Gasteiger partial charge in [-0.1, -0.05) is 13.8 Å². The standard InChI is InChI=1S/C12H25N3O/c1-9(2)4-6-15-7-5-10(3)14-12(16)11(15)8-13/h9-11H,4-8,13H2,1-3H3,(H,14,16). The number of hydrogen-bond donors (Lipinski definition) is 2. The van der Waals surface area contributed by atoms with Crippen molar-refractivity contribution in [2.75, 3.05) is 19.6 Å². The summed E-state index contributed by atoms with van der Waals surface area (Å²) < 4.78 is 0. The third-order valence-electron chi connectivity index (χ3n) is 3.20. The van der Waals surface area contributed by atoms with E-state index in [9.17, 15) is 4.79 Å². The Bertz CT molecular complexity index is 230. The molecule has 1 aliphatic rings. The third kappa shape index (κ3) is 3.76. The van der Waals surface area contributed by atoms with Crippen molar-refractivity contribution >= 4 is 5.91 Å². The van der Waals surface area contributed by atoms with E-state index >= 15 is 0 Å². The van der Waals surface area contributed by atoms with E-state index in [-0.39, 0.29) is 18.0 Å². The molecule has 0 aliphatic carbocycles. The molecule has 3 N–H and O–H groups in total. The van der Waals surface area contributed by atoms with Crippen LogP contribution in [0.4, 0.5) is 0 Å². The van der Waals surface area contributed by atoms with Crippen LogP contribution in [-0.2, 0) is 4.79 Å². The Hall–Kier alpha value is -0.610. The number of hydrogen-bond acceptors (Lipinski definition) is 3. The molecule has 0 aromatic heterocycles. The van der Waals surface area contributed by atoms with Crippen LogP contribution in [0.25, 0.3) is 0 Å². The van der Waals surface area contributed by atoms with Gasteiger partial charge in [-0.15, -0.1) is 0 Å². The summed E-state index contributed by atoms with van der Waals surface area (Å²) in [6.07, 6.45) is 2.14. The lowest BCUT2D eigenvalue weighted by atomic mass is 10.1. The molecule has 0 saturated carbocycles. The van der Waals surface area contributed by atoms with Gasteiger partial charge < -0.3 is 11.1 Å². The summed E-state index contributed by atoms with van der Waals surface area (Å²) >= 11 is 0. The normalized spacial score (nSPS) is 27.9. The fourth-order valence-electron chi connectivity index (χ4n) is 2.04. The van der Waals surface area contributed by atoms with Crippen LogP contribution in [0.1, 0.15) is 33.6 Å². The molecule has 2 atom stereocenters. The third-order valence-corrected chi connectivity index (χ3v) is 3.20. The van der Waals surface area contributed by atoms with Crippen molar-refractivity contribution in [2.24, 2.45) is 11.7 Å². The molecular formula is C12H25N3O. The molecule has 16 heavy (non-hydrogen) atoms. The molecule has 2 unspecified atom stereocenters. The monoisotopic (exact) mass is 227 g/mol. The van der Waals surface area contributed by atoms with E-state index in [2.05, 4.69) is 31.0 Å². The summed E-state index contributed by atoms with van der Waals surface area (Å²) in [5.41, 5.74) is 5.70. The Labute approximate surface area is 98.6 Å². The van der Waals surface area contributed by atoms with Crippen LogP contribution in [0, 0.1) is 5.92 Å². The largest absolute Gasteiger partial charge is 0.352 e. The summed E-state index contributed by atoms with van der Waals surface area (Å²) in [6.45, 7) is 8.82. The van der Waals surface area contributed by atoms with Gasteiger partial charge in [0, 0.05) is 19.1 Å². The molecule has 1 heterocycles. The van der Waals surface area contributed by atoms with Crippen LogP contribution in [0.3, 0.4) is 0 Å². The topological polar surface area (TPSA) is 58.4 Å². The molecule has 1 rings (SSSR count). The van der Waals surface area contributed by atoms with Crippen molar-refractivity contribution in [3.63, 3.8) is 0 Å². The van der Waals surface area contributed by atoms with Crippen molar-refractivity contribution in [1.29, 1.82) is 0 Å². The Morgan fingerprint density at radius 3 is 2.81 bits per heavy atom. The summed E-state index contributed by atoms with van der Waals surface area (Å²) in [7, 11) is 0. The number of carbonyl (C=O) groups excluding carboxylic acids is 1. The molecule has 0 aromatic carbocycles. The van der Waals surface area contributed by atoms with E-state index in [0.717, 1.165) is 25.9 Å². The van der Waals surface area contributed by atoms with Crippen LogP contribution in [0.5, 0.6) is 0 Å². The number of nitrogens with zero attached hydrogens (tertiary/aromatic N) is 1. The van der Waals surface area contributed by atoms with Gasteiger partial charge in [0.1, 0.15) is 6.04 Å². The van der Waals surface area contributed by atoms with Crippen molar-refractivity contribution in [3.8, 4) is 0 Å². The van der Waals surface area contributed by atoms with Crippen LogP contribution < -0.4 is 11.1 Å². The lowest BCUT2D eigenvalue weighted by molar-refractivity contribution is -0.125. The zero-order valence-corrected chi connectivity index (χ0v) is 10.7. The SMILES string of the molecule is CC(C)CCN1CCC(C)NC(=O)C1CN. The van der Waals surface area contributed by atoms with Crippen molar-refractivity contribution in [3.05, 3.63) is 0 Å². The number of carbonyl (C=O) groups is 1. The molecule has 0 radical (unpaired) electrons. The first-order chi connectivity index (χ1) is 7.54. The highest BCUT2D eigenvalue weighted by atomic mass is 16.2. The minimum Gasteiger partial charge on any atom is -0.352 e. The van der Waals surface area contributed by atoms with Gasteiger partial charge in [-0.25, -0.2) is 0 Å². The second-order valence-electron chi connectivity index (χ2n) is 5.17. The van der Waals surface area contributed by atoms with E-state index in [1.54, 1.807) is 0 Å². The second kappa shape index (κ2) is 6.21. The first-order valence-corrected chi connectivity index (χ1v) is 6.29. The fourth-order valence-corrected chi connectivity index (χ4v) is 2.04. The van der Waals surface area contributed by atoms with Crippen molar-refractivity contribution < 1.29 is 4.79 Å². The van der Waals surface area contributed by atoms with E-state index in [1.165, 1.54) is 0 Å². The molecule has 0 spiro atoms. The highest BCUT2D eigenvalue weighted by Crippen LogP contribution is 2.11. The quantitative estimate of drug-likeness (QED) is 0.738. The lowest BCUT2D eigenvalue weighted by Crippen LogP contribution is -2.49. The van der Waals surface area contributed by atoms with Crippen molar-refractivity contribution in [2.45, 2.75) is 45.7 Å². The van der Waals surface area contributed by atoms with Gasteiger partial charge in [0.25, 0.3) is 0 Å². The van der Waals surface area contributed by atoms with Crippen molar-refractivity contribution in [1.82, 2.24) is 10.2 Å². The minimum atomic E-state index is -0.135. The number of rotatable bonds is 4. The number of amides is 1. The van der Waals surface area contributed by atoms with Gasteiger partial charge in [-0.3, -0.25) is 9.69 Å². The molecule has 4 heteroatoms. The molecule has 1 fully saturated rings. The van der Waals surface area contributed by atoms with E-state index in [0.29, 0.717) is 12.5 Å². The predicted octanol–water partition coefficient (Wildman–Crippen LogP) is 0.570. The molecule has 0 aromatic rings. The maximum absolute atomic E-state index is 11.9. The highest BCUT2D eigenvalue weighted by molar-refractivity contribution is 5.82. The summed E-state index contributed by atoms with van der Waals surface area (Å²) in [5, 5.41) is 3.00. The van der Waals surface area contributed by atoms with E-state index in [4.69, 9.17) is 5.73 Å². The summed E-state index contributed by atoms with van der Waals surface area (Å²) in [6, 6.07) is 0.134. The smallest absolute Gasteiger partial charge is 0.238 e. The van der Waals surface area contributed by atoms with Gasteiger partial charge >= 0.3 is 0 Å². The molecular weight excluding hydrogens is 202 g/mol. The molecule has 1 saturated heterocycles. The predicted molar refractivity (Wildman–Crippen MR) is 66.1 cm³/mol. The maximum atomic E-state index is 11.9.